The summed E-state index contributed by atoms with van der Waals surface area (Å²) < 4.78 is 38.8. The first kappa shape index (κ1) is 15.1. The van der Waals surface area contributed by atoms with Crippen LogP contribution in [-0.2, 0) is 10.0 Å². The number of hydrogen-bond acceptors (Lipinski definition) is 3. The maximum Gasteiger partial charge on any atom is 0.240 e. The standard InChI is InChI=1S/C12H18FNO3S/c1-3-12(15,4-2)9-14-18(16,17)11-7-5-10(13)6-8-11/h5-8,14-15H,3-4,9H2,1-2H3. The molecule has 102 valence electrons. The molecule has 2 N–H and O–H groups in total. The second kappa shape index (κ2) is 5.77. The summed E-state index contributed by atoms with van der Waals surface area (Å²) in [6.07, 6.45) is 0.908. The molecule has 4 nitrogen and oxygen atoms in total. The van der Waals surface area contributed by atoms with Crippen molar-refractivity contribution in [3.8, 4) is 0 Å². The van der Waals surface area contributed by atoms with Gasteiger partial charge in [-0.3, -0.25) is 0 Å². The highest BCUT2D eigenvalue weighted by molar-refractivity contribution is 7.89. The summed E-state index contributed by atoms with van der Waals surface area (Å²) in [4.78, 5) is -0.0153. The largest absolute Gasteiger partial charge is 0.389 e. The summed E-state index contributed by atoms with van der Waals surface area (Å²) >= 11 is 0. The van der Waals surface area contributed by atoms with Crippen LogP contribution in [-0.4, -0.2) is 25.7 Å². The van der Waals surface area contributed by atoms with Gasteiger partial charge in [-0.25, -0.2) is 17.5 Å². The van der Waals surface area contributed by atoms with Crippen LogP contribution in [0.5, 0.6) is 0 Å². The molecule has 0 spiro atoms. The van der Waals surface area contributed by atoms with Gasteiger partial charge in [-0.2, -0.15) is 0 Å². The van der Waals surface area contributed by atoms with Gasteiger partial charge in [-0.05, 0) is 37.1 Å². The molecule has 0 aromatic heterocycles. The lowest BCUT2D eigenvalue weighted by Gasteiger charge is -2.25. The number of nitrogens with one attached hydrogen (secondary N) is 1. The minimum atomic E-state index is -3.71. The molecule has 1 aromatic rings. The van der Waals surface area contributed by atoms with Crippen LogP contribution < -0.4 is 4.72 Å². The molecule has 0 fully saturated rings. The molecule has 0 atom stereocenters. The van der Waals surface area contributed by atoms with Crippen molar-refractivity contribution < 1.29 is 17.9 Å². The molecule has 0 heterocycles. The van der Waals surface area contributed by atoms with Gasteiger partial charge in [0.05, 0.1) is 10.5 Å². The van der Waals surface area contributed by atoms with Gasteiger partial charge in [0.25, 0.3) is 0 Å². The summed E-state index contributed by atoms with van der Waals surface area (Å²) in [6, 6.07) is 4.55. The van der Waals surface area contributed by atoms with Crippen LogP contribution in [0.2, 0.25) is 0 Å². The lowest BCUT2D eigenvalue weighted by molar-refractivity contribution is 0.0377. The molecule has 0 bridgehead atoms. The first-order chi connectivity index (χ1) is 8.33. The maximum absolute atomic E-state index is 12.7. The van der Waals surface area contributed by atoms with Crippen LogP contribution in [0.1, 0.15) is 26.7 Å². The molecule has 0 amide bonds. The highest BCUT2D eigenvalue weighted by Crippen LogP contribution is 2.15. The van der Waals surface area contributed by atoms with E-state index in [1.807, 2.05) is 0 Å². The normalized spacial score (nSPS) is 12.7. The Morgan fingerprint density at radius 3 is 2.17 bits per heavy atom. The molecule has 18 heavy (non-hydrogen) atoms. The van der Waals surface area contributed by atoms with Crippen molar-refractivity contribution in [3.63, 3.8) is 0 Å². The van der Waals surface area contributed by atoms with Gasteiger partial charge in [0.2, 0.25) is 10.0 Å². The van der Waals surface area contributed by atoms with Crippen molar-refractivity contribution in [1.29, 1.82) is 0 Å². The number of rotatable bonds is 6. The van der Waals surface area contributed by atoms with Crippen molar-refractivity contribution in [2.45, 2.75) is 37.2 Å². The van der Waals surface area contributed by atoms with E-state index in [0.717, 1.165) is 12.1 Å². The third-order valence-corrected chi connectivity index (χ3v) is 4.45. The Kier molecular flexibility index (Phi) is 4.84. The van der Waals surface area contributed by atoms with E-state index >= 15 is 0 Å². The minimum Gasteiger partial charge on any atom is -0.389 e. The average Bonchev–Trinajstić information content (AvgIpc) is 2.37. The second-order valence-electron chi connectivity index (χ2n) is 4.21. The zero-order valence-electron chi connectivity index (χ0n) is 10.5. The molecule has 0 aliphatic carbocycles. The molecular formula is C12H18FNO3S. The first-order valence-corrected chi connectivity index (χ1v) is 7.29. The van der Waals surface area contributed by atoms with Crippen molar-refractivity contribution in [2.75, 3.05) is 6.54 Å². The fourth-order valence-corrected chi connectivity index (χ4v) is 2.55. The number of sulfonamides is 1. The van der Waals surface area contributed by atoms with Gasteiger partial charge < -0.3 is 5.11 Å². The van der Waals surface area contributed by atoms with Gasteiger partial charge in [-0.15, -0.1) is 0 Å². The van der Waals surface area contributed by atoms with Crippen LogP contribution in [0.4, 0.5) is 4.39 Å². The van der Waals surface area contributed by atoms with Crippen LogP contribution >= 0.6 is 0 Å². The quantitative estimate of drug-likeness (QED) is 0.829. The fourth-order valence-electron chi connectivity index (χ4n) is 1.43. The third kappa shape index (κ3) is 3.76. The molecule has 0 unspecified atom stereocenters. The molecule has 0 aliphatic heterocycles. The number of hydrogen-bond donors (Lipinski definition) is 2. The third-order valence-electron chi connectivity index (χ3n) is 3.03. The highest BCUT2D eigenvalue weighted by atomic mass is 32.2. The predicted octanol–water partition coefficient (Wildman–Crippen LogP) is 1.66. The lowest BCUT2D eigenvalue weighted by Crippen LogP contribution is -2.41. The molecule has 1 rings (SSSR count). The Morgan fingerprint density at radius 2 is 1.72 bits per heavy atom. The molecule has 0 aliphatic rings. The Bertz CT molecular complexity index is 481. The van der Waals surface area contributed by atoms with E-state index in [4.69, 9.17) is 0 Å². The van der Waals surface area contributed by atoms with E-state index in [9.17, 15) is 17.9 Å². The van der Waals surface area contributed by atoms with Crippen LogP contribution in [0.25, 0.3) is 0 Å². The number of benzene rings is 1. The Hall–Kier alpha value is -0.980. The summed E-state index contributed by atoms with van der Waals surface area (Å²) in [5.41, 5.74) is -1.05. The van der Waals surface area contributed by atoms with Crippen LogP contribution in [0.15, 0.2) is 29.2 Å². The van der Waals surface area contributed by atoms with E-state index < -0.39 is 21.4 Å². The van der Waals surface area contributed by atoms with E-state index in [-0.39, 0.29) is 11.4 Å². The van der Waals surface area contributed by atoms with Gasteiger partial charge in [0.1, 0.15) is 5.82 Å². The summed E-state index contributed by atoms with van der Waals surface area (Å²) in [5.74, 6) is -0.493. The van der Waals surface area contributed by atoms with E-state index in [1.54, 1.807) is 13.8 Å². The Balaban J connectivity index is 2.80. The zero-order chi connectivity index (χ0) is 13.8. The van der Waals surface area contributed by atoms with Gasteiger partial charge in [0, 0.05) is 6.54 Å². The topological polar surface area (TPSA) is 66.4 Å². The number of halogens is 1. The van der Waals surface area contributed by atoms with Gasteiger partial charge >= 0.3 is 0 Å². The monoisotopic (exact) mass is 275 g/mol. The first-order valence-electron chi connectivity index (χ1n) is 5.80. The Morgan fingerprint density at radius 1 is 1.22 bits per heavy atom. The minimum absolute atomic E-state index is 0.0153. The van der Waals surface area contributed by atoms with Crippen LogP contribution in [0, 0.1) is 5.82 Å². The van der Waals surface area contributed by atoms with E-state index in [0.29, 0.717) is 12.8 Å². The smallest absolute Gasteiger partial charge is 0.240 e. The molecule has 6 heteroatoms. The Labute approximate surface area is 107 Å². The van der Waals surface area contributed by atoms with Crippen molar-refractivity contribution >= 4 is 10.0 Å². The maximum atomic E-state index is 12.7. The van der Waals surface area contributed by atoms with Crippen molar-refractivity contribution in [1.82, 2.24) is 4.72 Å². The molecule has 1 aromatic carbocycles. The molecule has 0 saturated heterocycles. The van der Waals surface area contributed by atoms with E-state index in [2.05, 4.69) is 4.72 Å². The molecule has 0 saturated carbocycles. The molecule has 0 radical (unpaired) electrons. The molecular weight excluding hydrogens is 257 g/mol. The fraction of sp³-hybridized carbons (Fsp3) is 0.500. The summed E-state index contributed by atoms with van der Waals surface area (Å²) in [7, 11) is -3.71. The van der Waals surface area contributed by atoms with Crippen molar-refractivity contribution in [2.24, 2.45) is 0 Å². The van der Waals surface area contributed by atoms with Gasteiger partial charge in [0.15, 0.2) is 0 Å². The van der Waals surface area contributed by atoms with Gasteiger partial charge in [-0.1, -0.05) is 13.8 Å². The zero-order valence-corrected chi connectivity index (χ0v) is 11.3. The van der Waals surface area contributed by atoms with Crippen molar-refractivity contribution in [3.05, 3.63) is 30.1 Å². The summed E-state index contributed by atoms with van der Waals surface area (Å²) in [5, 5.41) is 10.00. The number of aliphatic hydroxyl groups is 1. The SMILES string of the molecule is CCC(O)(CC)CNS(=O)(=O)c1ccc(F)cc1. The predicted molar refractivity (Wildman–Crippen MR) is 67.1 cm³/mol. The second-order valence-corrected chi connectivity index (χ2v) is 5.98. The average molecular weight is 275 g/mol. The summed E-state index contributed by atoms with van der Waals surface area (Å²) in [6.45, 7) is 3.52. The lowest BCUT2D eigenvalue weighted by atomic mass is 9.98. The van der Waals surface area contributed by atoms with Crippen LogP contribution in [0.3, 0.4) is 0 Å². The van der Waals surface area contributed by atoms with E-state index in [1.165, 1.54) is 12.1 Å². The highest BCUT2D eigenvalue weighted by Gasteiger charge is 2.25.